The SMILES string of the molecule is COC(=O)c1cc2cc(N)cc(O)c2o1. The molecule has 0 bridgehead atoms. The highest BCUT2D eigenvalue weighted by Crippen LogP contribution is 2.30. The van der Waals surface area contributed by atoms with Gasteiger partial charge in [-0.1, -0.05) is 0 Å². The van der Waals surface area contributed by atoms with Gasteiger partial charge in [0, 0.05) is 17.1 Å². The minimum absolute atomic E-state index is 0.0356. The van der Waals surface area contributed by atoms with E-state index in [9.17, 15) is 9.90 Å². The Labute approximate surface area is 85.0 Å². The van der Waals surface area contributed by atoms with Gasteiger partial charge in [0.05, 0.1) is 7.11 Å². The van der Waals surface area contributed by atoms with Crippen LogP contribution in [0.1, 0.15) is 10.6 Å². The van der Waals surface area contributed by atoms with E-state index < -0.39 is 5.97 Å². The molecule has 0 amide bonds. The van der Waals surface area contributed by atoms with Crippen molar-refractivity contribution in [2.75, 3.05) is 12.8 Å². The fourth-order valence-electron chi connectivity index (χ4n) is 1.36. The predicted molar refractivity (Wildman–Crippen MR) is 53.6 cm³/mol. The molecule has 0 aliphatic heterocycles. The highest BCUT2D eigenvalue weighted by molar-refractivity contribution is 5.95. The number of nitrogens with two attached hydrogens (primary N) is 1. The van der Waals surface area contributed by atoms with Crippen LogP contribution in [0.5, 0.6) is 5.75 Å². The molecule has 0 fully saturated rings. The van der Waals surface area contributed by atoms with E-state index in [2.05, 4.69) is 4.74 Å². The summed E-state index contributed by atoms with van der Waals surface area (Å²) in [6.45, 7) is 0. The van der Waals surface area contributed by atoms with Crippen molar-refractivity contribution >= 4 is 22.6 Å². The van der Waals surface area contributed by atoms with Crippen molar-refractivity contribution in [2.45, 2.75) is 0 Å². The van der Waals surface area contributed by atoms with E-state index in [-0.39, 0.29) is 17.1 Å². The molecule has 0 saturated carbocycles. The molecule has 2 aromatic rings. The van der Waals surface area contributed by atoms with Crippen molar-refractivity contribution in [2.24, 2.45) is 0 Å². The Morgan fingerprint density at radius 1 is 1.47 bits per heavy atom. The summed E-state index contributed by atoms with van der Waals surface area (Å²) in [6.07, 6.45) is 0. The number of rotatable bonds is 1. The smallest absolute Gasteiger partial charge is 0.373 e. The zero-order chi connectivity index (χ0) is 11.0. The van der Waals surface area contributed by atoms with Crippen LogP contribution in [0.3, 0.4) is 0 Å². The molecule has 1 aromatic carbocycles. The van der Waals surface area contributed by atoms with Crippen LogP contribution >= 0.6 is 0 Å². The maximum atomic E-state index is 11.2. The average molecular weight is 207 g/mol. The van der Waals surface area contributed by atoms with Crippen LogP contribution in [0.15, 0.2) is 22.6 Å². The van der Waals surface area contributed by atoms with Gasteiger partial charge in [0.25, 0.3) is 0 Å². The monoisotopic (exact) mass is 207 g/mol. The predicted octanol–water partition coefficient (Wildman–Crippen LogP) is 1.51. The molecule has 0 aliphatic rings. The zero-order valence-electron chi connectivity index (χ0n) is 7.98. The molecule has 5 nitrogen and oxygen atoms in total. The van der Waals surface area contributed by atoms with Gasteiger partial charge in [-0.05, 0) is 12.1 Å². The van der Waals surface area contributed by atoms with Gasteiger partial charge in [0.15, 0.2) is 11.3 Å². The summed E-state index contributed by atoms with van der Waals surface area (Å²) in [5.74, 6) is -0.655. The summed E-state index contributed by atoms with van der Waals surface area (Å²) in [6, 6.07) is 4.43. The number of nitrogen functional groups attached to an aromatic ring is 1. The van der Waals surface area contributed by atoms with Gasteiger partial charge in [-0.25, -0.2) is 4.79 Å². The molecule has 0 spiro atoms. The van der Waals surface area contributed by atoms with Crippen LogP contribution in [-0.2, 0) is 4.74 Å². The number of ether oxygens (including phenoxy) is 1. The fourth-order valence-corrected chi connectivity index (χ4v) is 1.36. The molecule has 3 N–H and O–H groups in total. The number of methoxy groups -OCH3 is 1. The van der Waals surface area contributed by atoms with Gasteiger partial charge in [-0.2, -0.15) is 0 Å². The molecule has 1 aromatic heterocycles. The van der Waals surface area contributed by atoms with Gasteiger partial charge in [-0.15, -0.1) is 0 Å². The molecule has 78 valence electrons. The van der Waals surface area contributed by atoms with E-state index in [1.165, 1.54) is 19.2 Å². The number of phenolic OH excluding ortho intramolecular Hbond substituents is 1. The number of aromatic hydroxyl groups is 1. The lowest BCUT2D eigenvalue weighted by atomic mass is 10.2. The highest BCUT2D eigenvalue weighted by atomic mass is 16.5. The lowest BCUT2D eigenvalue weighted by Gasteiger charge is -1.95. The summed E-state index contributed by atoms with van der Waals surface area (Å²) >= 11 is 0. The molecule has 1 heterocycles. The molecule has 0 radical (unpaired) electrons. The number of hydrogen-bond acceptors (Lipinski definition) is 5. The van der Waals surface area contributed by atoms with Crippen molar-refractivity contribution in [1.29, 1.82) is 0 Å². The molecule has 2 rings (SSSR count). The van der Waals surface area contributed by atoms with E-state index in [4.69, 9.17) is 10.2 Å². The fraction of sp³-hybridized carbons (Fsp3) is 0.100. The van der Waals surface area contributed by atoms with E-state index >= 15 is 0 Å². The average Bonchev–Trinajstić information content (AvgIpc) is 2.60. The lowest BCUT2D eigenvalue weighted by Crippen LogP contribution is -1.97. The van der Waals surface area contributed by atoms with Crippen molar-refractivity contribution in [3.63, 3.8) is 0 Å². The third-order valence-corrected chi connectivity index (χ3v) is 2.01. The molecule has 0 unspecified atom stereocenters. The summed E-state index contributed by atoms with van der Waals surface area (Å²) in [5.41, 5.74) is 6.15. The van der Waals surface area contributed by atoms with Gasteiger partial charge < -0.3 is 20.0 Å². The number of esters is 1. The molecule has 5 heteroatoms. The Hall–Kier alpha value is -2.17. The van der Waals surface area contributed by atoms with Gasteiger partial charge in [-0.3, -0.25) is 0 Å². The second kappa shape index (κ2) is 3.20. The third kappa shape index (κ3) is 1.48. The van der Waals surface area contributed by atoms with Gasteiger partial charge in [0.2, 0.25) is 5.76 Å². The Kier molecular flexibility index (Phi) is 2.00. The Morgan fingerprint density at radius 3 is 2.87 bits per heavy atom. The van der Waals surface area contributed by atoms with Gasteiger partial charge in [0.1, 0.15) is 0 Å². The minimum atomic E-state index is -0.593. The van der Waals surface area contributed by atoms with Crippen molar-refractivity contribution < 1.29 is 19.1 Å². The van der Waals surface area contributed by atoms with Crippen molar-refractivity contribution in [1.82, 2.24) is 0 Å². The quantitative estimate of drug-likeness (QED) is 0.546. The van der Waals surface area contributed by atoms with Crippen molar-refractivity contribution in [3.8, 4) is 5.75 Å². The number of anilines is 1. The van der Waals surface area contributed by atoms with E-state index in [1.807, 2.05) is 0 Å². The summed E-state index contributed by atoms with van der Waals surface area (Å²) in [5, 5.41) is 10.1. The highest BCUT2D eigenvalue weighted by Gasteiger charge is 2.14. The zero-order valence-corrected chi connectivity index (χ0v) is 7.98. The minimum Gasteiger partial charge on any atom is -0.504 e. The van der Waals surface area contributed by atoms with Crippen LogP contribution in [0.4, 0.5) is 5.69 Å². The largest absolute Gasteiger partial charge is 0.504 e. The molecule has 0 aliphatic carbocycles. The number of furan rings is 1. The Balaban J connectivity index is 2.65. The van der Waals surface area contributed by atoms with Crippen LogP contribution in [-0.4, -0.2) is 18.2 Å². The maximum Gasteiger partial charge on any atom is 0.373 e. The second-order valence-electron chi connectivity index (χ2n) is 3.06. The first-order valence-corrected chi connectivity index (χ1v) is 4.22. The number of hydrogen-bond donors (Lipinski definition) is 2. The van der Waals surface area contributed by atoms with Crippen LogP contribution in [0.25, 0.3) is 11.0 Å². The molecule has 0 atom stereocenters. The first kappa shape index (κ1) is 9.39. The molecule has 15 heavy (non-hydrogen) atoms. The second-order valence-corrected chi connectivity index (χ2v) is 3.06. The number of carbonyl (C=O) groups excluding carboxylic acids is 1. The topological polar surface area (TPSA) is 85.7 Å². The standard InChI is InChI=1S/C10H9NO4/c1-14-10(13)8-3-5-2-6(11)4-7(12)9(5)15-8/h2-4,12H,11H2,1H3. The first-order valence-electron chi connectivity index (χ1n) is 4.22. The number of fused-ring (bicyclic) bond motifs is 1. The van der Waals surface area contributed by atoms with Crippen LogP contribution in [0.2, 0.25) is 0 Å². The lowest BCUT2D eigenvalue weighted by molar-refractivity contribution is 0.0567. The van der Waals surface area contributed by atoms with E-state index in [0.717, 1.165) is 0 Å². The summed E-state index contributed by atoms with van der Waals surface area (Å²) in [7, 11) is 1.25. The number of phenols is 1. The van der Waals surface area contributed by atoms with Crippen molar-refractivity contribution in [3.05, 3.63) is 24.0 Å². The number of carbonyl (C=O) groups is 1. The van der Waals surface area contributed by atoms with E-state index in [1.54, 1.807) is 6.07 Å². The summed E-state index contributed by atoms with van der Waals surface area (Å²) in [4.78, 5) is 11.2. The van der Waals surface area contributed by atoms with Gasteiger partial charge >= 0.3 is 5.97 Å². The third-order valence-electron chi connectivity index (χ3n) is 2.01. The Bertz CT molecular complexity index is 529. The van der Waals surface area contributed by atoms with E-state index in [0.29, 0.717) is 11.1 Å². The first-order chi connectivity index (χ1) is 7.11. The molecular formula is C10H9NO4. The normalized spacial score (nSPS) is 10.5. The van der Waals surface area contributed by atoms with Crippen LogP contribution in [0, 0.1) is 0 Å². The number of benzene rings is 1. The molecular weight excluding hydrogens is 198 g/mol. The van der Waals surface area contributed by atoms with Crippen LogP contribution < -0.4 is 5.73 Å². The summed E-state index contributed by atoms with van der Waals surface area (Å²) < 4.78 is 9.62. The molecule has 0 saturated heterocycles. The maximum absolute atomic E-state index is 11.2. The Morgan fingerprint density at radius 2 is 2.20 bits per heavy atom.